The average Bonchev–Trinajstić information content (AvgIpc) is 2.96. The van der Waals surface area contributed by atoms with Crippen LogP contribution >= 0.6 is 0 Å². The minimum absolute atomic E-state index is 0.130. The van der Waals surface area contributed by atoms with Gasteiger partial charge in [0.1, 0.15) is 11.6 Å². The van der Waals surface area contributed by atoms with Crippen molar-refractivity contribution in [3.8, 4) is 5.75 Å². The van der Waals surface area contributed by atoms with E-state index in [1.807, 2.05) is 6.92 Å². The molecule has 0 aromatic heterocycles. The van der Waals surface area contributed by atoms with Gasteiger partial charge in [-0.05, 0) is 30.4 Å². The van der Waals surface area contributed by atoms with Crippen molar-refractivity contribution in [1.29, 1.82) is 0 Å². The van der Waals surface area contributed by atoms with Crippen LogP contribution in [0.15, 0.2) is 18.2 Å². The van der Waals surface area contributed by atoms with Gasteiger partial charge in [0.15, 0.2) is 0 Å². The molecule has 1 aliphatic carbocycles. The topological polar surface area (TPSA) is 29.5 Å². The molecule has 1 saturated carbocycles. The Labute approximate surface area is 88.7 Å². The molecular formula is C12H15FO2. The molecule has 0 spiro atoms. The van der Waals surface area contributed by atoms with Crippen LogP contribution in [0, 0.1) is 11.2 Å². The second-order valence-electron chi connectivity index (χ2n) is 4.44. The van der Waals surface area contributed by atoms with E-state index in [-0.39, 0.29) is 5.41 Å². The smallest absolute Gasteiger partial charge is 0.132 e. The van der Waals surface area contributed by atoms with Crippen LogP contribution in [-0.2, 0) is 0 Å². The van der Waals surface area contributed by atoms with Gasteiger partial charge in [-0.1, -0.05) is 6.92 Å². The molecule has 2 rings (SSSR count). The summed E-state index contributed by atoms with van der Waals surface area (Å²) in [7, 11) is 1.49. The van der Waals surface area contributed by atoms with Crippen LogP contribution in [0.2, 0.25) is 0 Å². The molecule has 1 N–H and O–H groups in total. The molecule has 1 aromatic carbocycles. The Balaban J connectivity index is 2.28. The Hall–Kier alpha value is -1.09. The number of aliphatic hydroxyl groups excluding tert-OH is 1. The van der Waals surface area contributed by atoms with Gasteiger partial charge in [0.2, 0.25) is 0 Å². The number of hydrogen-bond donors (Lipinski definition) is 1. The van der Waals surface area contributed by atoms with Crippen molar-refractivity contribution >= 4 is 0 Å². The normalized spacial score (nSPS) is 19.7. The van der Waals surface area contributed by atoms with E-state index in [1.165, 1.54) is 13.2 Å². The van der Waals surface area contributed by atoms with E-state index in [2.05, 4.69) is 0 Å². The molecule has 2 nitrogen and oxygen atoms in total. The highest BCUT2D eigenvalue weighted by Crippen LogP contribution is 2.54. The third-order valence-corrected chi connectivity index (χ3v) is 3.20. The van der Waals surface area contributed by atoms with Crippen molar-refractivity contribution in [2.45, 2.75) is 25.9 Å². The first-order chi connectivity index (χ1) is 7.07. The summed E-state index contributed by atoms with van der Waals surface area (Å²) in [6.45, 7) is 1.97. The monoisotopic (exact) mass is 210 g/mol. The largest absolute Gasteiger partial charge is 0.497 e. The summed E-state index contributed by atoms with van der Waals surface area (Å²) in [5.74, 6) is 0.0828. The van der Waals surface area contributed by atoms with Gasteiger partial charge < -0.3 is 9.84 Å². The third kappa shape index (κ3) is 1.84. The van der Waals surface area contributed by atoms with Crippen molar-refractivity contribution in [1.82, 2.24) is 0 Å². The molecular weight excluding hydrogens is 195 g/mol. The Morgan fingerprint density at radius 2 is 2.13 bits per heavy atom. The zero-order chi connectivity index (χ0) is 11.1. The molecule has 1 aromatic rings. The Morgan fingerprint density at radius 3 is 2.60 bits per heavy atom. The van der Waals surface area contributed by atoms with Crippen molar-refractivity contribution in [2.24, 2.45) is 5.41 Å². The summed E-state index contributed by atoms with van der Waals surface area (Å²) in [5.41, 5.74) is 0.242. The highest BCUT2D eigenvalue weighted by molar-refractivity contribution is 5.31. The van der Waals surface area contributed by atoms with Crippen molar-refractivity contribution in [3.63, 3.8) is 0 Å². The van der Waals surface area contributed by atoms with E-state index in [4.69, 9.17) is 4.74 Å². The SMILES string of the molecule is COc1ccc(C(O)C2(C)CC2)c(F)c1. The van der Waals surface area contributed by atoms with Gasteiger partial charge in [-0.3, -0.25) is 0 Å². The minimum atomic E-state index is -0.705. The lowest BCUT2D eigenvalue weighted by molar-refractivity contribution is 0.0997. The lowest BCUT2D eigenvalue weighted by atomic mass is 9.94. The van der Waals surface area contributed by atoms with E-state index >= 15 is 0 Å². The number of aliphatic hydroxyl groups is 1. The predicted molar refractivity (Wildman–Crippen MR) is 55.3 cm³/mol. The standard InChI is InChI=1S/C12H15FO2/c1-12(5-6-12)11(14)9-4-3-8(15-2)7-10(9)13/h3-4,7,11,14H,5-6H2,1-2H3. The fraction of sp³-hybridized carbons (Fsp3) is 0.500. The summed E-state index contributed by atoms with van der Waals surface area (Å²) in [6, 6.07) is 4.58. The number of ether oxygens (including phenoxy) is 1. The summed E-state index contributed by atoms with van der Waals surface area (Å²) >= 11 is 0. The molecule has 0 heterocycles. The quantitative estimate of drug-likeness (QED) is 0.831. The summed E-state index contributed by atoms with van der Waals surface area (Å²) < 4.78 is 18.5. The fourth-order valence-corrected chi connectivity index (χ4v) is 1.70. The molecule has 0 amide bonds. The molecule has 1 unspecified atom stereocenters. The maximum absolute atomic E-state index is 13.6. The van der Waals surface area contributed by atoms with Crippen LogP contribution in [0.5, 0.6) is 5.75 Å². The molecule has 0 aliphatic heterocycles. The number of hydrogen-bond acceptors (Lipinski definition) is 2. The zero-order valence-corrected chi connectivity index (χ0v) is 8.96. The Morgan fingerprint density at radius 1 is 1.47 bits per heavy atom. The average molecular weight is 210 g/mol. The van der Waals surface area contributed by atoms with Gasteiger partial charge in [-0.15, -0.1) is 0 Å². The van der Waals surface area contributed by atoms with E-state index < -0.39 is 11.9 Å². The zero-order valence-electron chi connectivity index (χ0n) is 8.96. The molecule has 1 atom stereocenters. The van der Waals surface area contributed by atoms with Gasteiger partial charge in [-0.2, -0.15) is 0 Å². The second-order valence-corrected chi connectivity index (χ2v) is 4.44. The van der Waals surface area contributed by atoms with E-state index in [9.17, 15) is 9.50 Å². The summed E-state index contributed by atoms with van der Waals surface area (Å²) in [4.78, 5) is 0. The fourth-order valence-electron chi connectivity index (χ4n) is 1.70. The third-order valence-electron chi connectivity index (χ3n) is 3.20. The highest BCUT2D eigenvalue weighted by Gasteiger charge is 2.45. The lowest BCUT2D eigenvalue weighted by Gasteiger charge is -2.18. The first kappa shape index (κ1) is 10.4. The minimum Gasteiger partial charge on any atom is -0.497 e. The van der Waals surface area contributed by atoms with Gasteiger partial charge in [-0.25, -0.2) is 4.39 Å². The predicted octanol–water partition coefficient (Wildman–Crippen LogP) is 2.67. The first-order valence-corrected chi connectivity index (χ1v) is 5.08. The number of rotatable bonds is 3. The molecule has 3 heteroatoms. The van der Waals surface area contributed by atoms with E-state index in [1.54, 1.807) is 12.1 Å². The van der Waals surface area contributed by atoms with Crippen molar-refractivity contribution in [2.75, 3.05) is 7.11 Å². The summed E-state index contributed by atoms with van der Waals surface area (Å²) in [5, 5.41) is 9.98. The molecule has 15 heavy (non-hydrogen) atoms. The lowest BCUT2D eigenvalue weighted by Crippen LogP contribution is -2.11. The van der Waals surface area contributed by atoms with Crippen LogP contribution in [-0.4, -0.2) is 12.2 Å². The number of halogens is 1. The maximum Gasteiger partial charge on any atom is 0.132 e. The molecule has 1 aliphatic rings. The van der Waals surface area contributed by atoms with Crippen LogP contribution in [0.3, 0.4) is 0 Å². The van der Waals surface area contributed by atoms with Crippen LogP contribution < -0.4 is 4.74 Å². The van der Waals surface area contributed by atoms with Crippen molar-refractivity contribution in [3.05, 3.63) is 29.6 Å². The van der Waals surface area contributed by atoms with Gasteiger partial charge in [0.05, 0.1) is 13.2 Å². The second kappa shape index (κ2) is 3.49. The van der Waals surface area contributed by atoms with E-state index in [0.717, 1.165) is 12.8 Å². The van der Waals surface area contributed by atoms with Crippen LogP contribution in [0.1, 0.15) is 31.4 Å². The molecule has 0 bridgehead atoms. The van der Waals surface area contributed by atoms with Crippen LogP contribution in [0.25, 0.3) is 0 Å². The summed E-state index contributed by atoms with van der Waals surface area (Å²) in [6.07, 6.45) is 1.21. The van der Waals surface area contributed by atoms with E-state index in [0.29, 0.717) is 11.3 Å². The first-order valence-electron chi connectivity index (χ1n) is 5.08. The molecule has 0 radical (unpaired) electrons. The Kier molecular flexibility index (Phi) is 2.43. The van der Waals surface area contributed by atoms with Crippen molar-refractivity contribution < 1.29 is 14.2 Å². The van der Waals surface area contributed by atoms with Gasteiger partial charge >= 0.3 is 0 Å². The molecule has 0 saturated heterocycles. The van der Waals surface area contributed by atoms with Crippen LogP contribution in [0.4, 0.5) is 4.39 Å². The molecule has 82 valence electrons. The number of benzene rings is 1. The maximum atomic E-state index is 13.6. The Bertz CT molecular complexity index is 372. The molecule has 1 fully saturated rings. The van der Waals surface area contributed by atoms with Gasteiger partial charge in [0.25, 0.3) is 0 Å². The highest BCUT2D eigenvalue weighted by atomic mass is 19.1. The van der Waals surface area contributed by atoms with Gasteiger partial charge in [0, 0.05) is 11.6 Å². The number of methoxy groups -OCH3 is 1.